The molecule has 158 valence electrons. The molecule has 2 atom stereocenters. The molecule has 4 heteroatoms. The average Bonchev–Trinajstić information content (AvgIpc) is 2.77. The summed E-state index contributed by atoms with van der Waals surface area (Å²) >= 11 is 0. The summed E-state index contributed by atoms with van der Waals surface area (Å²) in [6.45, 7) is 7.13. The average molecular weight is 398 g/mol. The lowest BCUT2D eigenvalue weighted by molar-refractivity contribution is -0.0473. The highest BCUT2D eigenvalue weighted by Gasteiger charge is 2.40. The van der Waals surface area contributed by atoms with E-state index in [4.69, 9.17) is 14.2 Å². The molecule has 2 aromatic carbocycles. The summed E-state index contributed by atoms with van der Waals surface area (Å²) in [5.74, 6) is 2.40. The van der Waals surface area contributed by atoms with E-state index in [0.717, 1.165) is 50.5 Å². The van der Waals surface area contributed by atoms with Crippen LogP contribution in [0.1, 0.15) is 44.2 Å². The first-order chi connectivity index (χ1) is 14.1. The van der Waals surface area contributed by atoms with Crippen molar-refractivity contribution >= 4 is 0 Å². The molecule has 0 unspecified atom stereocenters. The van der Waals surface area contributed by atoms with Gasteiger partial charge in [0.15, 0.2) is 0 Å². The molecule has 4 nitrogen and oxygen atoms in total. The van der Waals surface area contributed by atoms with Crippen LogP contribution in [0.4, 0.5) is 0 Å². The minimum atomic E-state index is 0.0761. The van der Waals surface area contributed by atoms with Crippen molar-refractivity contribution in [2.24, 2.45) is 5.92 Å². The third-order valence-electron chi connectivity index (χ3n) is 6.19. The quantitative estimate of drug-likeness (QED) is 0.607. The van der Waals surface area contributed by atoms with E-state index in [1.54, 1.807) is 14.2 Å². The molecule has 0 amide bonds. The molecule has 1 aliphatic rings. The van der Waals surface area contributed by atoms with E-state index in [0.29, 0.717) is 5.92 Å². The van der Waals surface area contributed by atoms with Gasteiger partial charge in [0.25, 0.3) is 0 Å². The Morgan fingerprint density at radius 2 is 1.83 bits per heavy atom. The Bertz CT molecular complexity index is 759. The maximum absolute atomic E-state index is 6.11. The summed E-state index contributed by atoms with van der Waals surface area (Å²) in [5.41, 5.74) is 2.67. The summed E-state index contributed by atoms with van der Waals surface area (Å²) in [5, 5.41) is 3.64. The molecule has 0 aliphatic carbocycles. The number of methoxy groups -OCH3 is 2. The van der Waals surface area contributed by atoms with Crippen LogP contribution >= 0.6 is 0 Å². The largest absolute Gasteiger partial charge is 0.497 e. The molecule has 1 aliphatic heterocycles. The minimum absolute atomic E-state index is 0.0761. The van der Waals surface area contributed by atoms with Gasteiger partial charge in [-0.15, -0.1) is 0 Å². The number of benzene rings is 2. The fourth-order valence-corrected chi connectivity index (χ4v) is 4.37. The molecule has 0 bridgehead atoms. The van der Waals surface area contributed by atoms with Crippen molar-refractivity contribution in [3.05, 3.63) is 59.7 Å². The van der Waals surface area contributed by atoms with E-state index in [1.807, 2.05) is 12.1 Å². The first kappa shape index (κ1) is 21.7. The number of para-hydroxylation sites is 1. The zero-order valence-corrected chi connectivity index (χ0v) is 18.2. The van der Waals surface area contributed by atoms with Crippen LogP contribution in [0.15, 0.2) is 48.5 Å². The number of ether oxygens (including phenoxy) is 3. The lowest BCUT2D eigenvalue weighted by Crippen LogP contribution is -2.42. The first-order valence-electron chi connectivity index (χ1n) is 10.7. The van der Waals surface area contributed by atoms with E-state index in [2.05, 4.69) is 55.6 Å². The van der Waals surface area contributed by atoms with Gasteiger partial charge >= 0.3 is 0 Å². The zero-order valence-electron chi connectivity index (χ0n) is 18.2. The fraction of sp³-hybridized carbons (Fsp3) is 0.520. The Morgan fingerprint density at radius 1 is 1.07 bits per heavy atom. The highest BCUT2D eigenvalue weighted by molar-refractivity contribution is 5.40. The molecule has 29 heavy (non-hydrogen) atoms. The van der Waals surface area contributed by atoms with Gasteiger partial charge in [-0.1, -0.05) is 44.2 Å². The Balaban J connectivity index is 1.71. The number of rotatable bonds is 9. The minimum Gasteiger partial charge on any atom is -0.497 e. The van der Waals surface area contributed by atoms with Crippen molar-refractivity contribution < 1.29 is 14.2 Å². The predicted molar refractivity (Wildman–Crippen MR) is 118 cm³/mol. The lowest BCUT2D eigenvalue weighted by atomic mass is 9.68. The number of nitrogens with one attached hydrogen (secondary N) is 1. The number of hydrogen-bond acceptors (Lipinski definition) is 4. The van der Waals surface area contributed by atoms with Crippen LogP contribution in [0.5, 0.6) is 11.5 Å². The SMILES string of the molecule is COc1ccc(CNCC[C@]2(c3ccccc3OC)CCO[C@H](C(C)C)C2)cc1. The van der Waals surface area contributed by atoms with Crippen LogP contribution < -0.4 is 14.8 Å². The van der Waals surface area contributed by atoms with Gasteiger partial charge in [-0.2, -0.15) is 0 Å². The second-order valence-electron chi connectivity index (χ2n) is 8.36. The van der Waals surface area contributed by atoms with Crippen molar-refractivity contribution in [2.75, 3.05) is 27.4 Å². The van der Waals surface area contributed by atoms with Crippen LogP contribution in [0.2, 0.25) is 0 Å². The lowest BCUT2D eigenvalue weighted by Gasteiger charge is -2.43. The molecule has 1 N–H and O–H groups in total. The molecule has 0 spiro atoms. The monoisotopic (exact) mass is 397 g/mol. The third-order valence-corrected chi connectivity index (χ3v) is 6.19. The Labute approximate surface area is 175 Å². The van der Waals surface area contributed by atoms with Crippen LogP contribution in [0, 0.1) is 5.92 Å². The summed E-state index contributed by atoms with van der Waals surface area (Å²) < 4.78 is 17.1. The normalized spacial score (nSPS) is 21.9. The molecule has 3 rings (SSSR count). The van der Waals surface area contributed by atoms with E-state index in [-0.39, 0.29) is 11.5 Å². The van der Waals surface area contributed by atoms with Crippen LogP contribution in [0.25, 0.3) is 0 Å². The van der Waals surface area contributed by atoms with Crippen molar-refractivity contribution in [1.29, 1.82) is 0 Å². The summed E-state index contributed by atoms with van der Waals surface area (Å²) in [6, 6.07) is 16.8. The van der Waals surface area contributed by atoms with Crippen LogP contribution in [-0.2, 0) is 16.7 Å². The predicted octanol–water partition coefficient (Wildman–Crippen LogP) is 4.96. The van der Waals surface area contributed by atoms with E-state index >= 15 is 0 Å². The van der Waals surface area contributed by atoms with Crippen molar-refractivity contribution in [3.8, 4) is 11.5 Å². The van der Waals surface area contributed by atoms with Gasteiger partial charge in [0, 0.05) is 24.1 Å². The van der Waals surface area contributed by atoms with Gasteiger partial charge in [-0.3, -0.25) is 0 Å². The second kappa shape index (κ2) is 10.1. The maximum atomic E-state index is 6.11. The maximum Gasteiger partial charge on any atom is 0.122 e. The highest BCUT2D eigenvalue weighted by atomic mass is 16.5. The molecular formula is C25H35NO3. The van der Waals surface area contributed by atoms with Crippen molar-refractivity contribution in [3.63, 3.8) is 0 Å². The summed E-state index contributed by atoms with van der Waals surface area (Å²) in [7, 11) is 3.47. The topological polar surface area (TPSA) is 39.7 Å². The molecule has 0 radical (unpaired) electrons. The smallest absolute Gasteiger partial charge is 0.122 e. The van der Waals surface area contributed by atoms with E-state index < -0.39 is 0 Å². The molecule has 1 saturated heterocycles. The third kappa shape index (κ3) is 5.31. The highest BCUT2D eigenvalue weighted by Crippen LogP contribution is 2.45. The van der Waals surface area contributed by atoms with E-state index in [9.17, 15) is 0 Å². The Hall–Kier alpha value is -2.04. The molecule has 2 aromatic rings. The van der Waals surface area contributed by atoms with Gasteiger partial charge in [-0.25, -0.2) is 0 Å². The number of hydrogen-bond donors (Lipinski definition) is 1. The summed E-state index contributed by atoms with van der Waals surface area (Å²) in [4.78, 5) is 0. The standard InChI is InChI=1S/C25H35NO3/c1-19(2)24-17-25(14-16-29-24,22-7-5-6-8-23(22)28-4)13-15-26-18-20-9-11-21(27-3)12-10-20/h5-12,19,24,26H,13-18H2,1-4H3/t24-,25-/m0/s1. The van der Waals surface area contributed by atoms with E-state index in [1.165, 1.54) is 11.1 Å². The summed E-state index contributed by atoms with van der Waals surface area (Å²) in [6.07, 6.45) is 3.42. The molecule has 0 saturated carbocycles. The van der Waals surface area contributed by atoms with Crippen molar-refractivity contribution in [1.82, 2.24) is 5.32 Å². The molecular weight excluding hydrogens is 362 g/mol. The van der Waals surface area contributed by atoms with Gasteiger partial charge in [0.05, 0.1) is 20.3 Å². The second-order valence-corrected chi connectivity index (χ2v) is 8.36. The van der Waals surface area contributed by atoms with Crippen LogP contribution in [-0.4, -0.2) is 33.5 Å². The zero-order chi connectivity index (χ0) is 20.7. The Kier molecular flexibility index (Phi) is 7.57. The molecule has 1 fully saturated rings. The van der Waals surface area contributed by atoms with Gasteiger partial charge in [0.2, 0.25) is 0 Å². The molecule has 1 heterocycles. The van der Waals surface area contributed by atoms with Crippen molar-refractivity contribution in [2.45, 2.75) is 51.2 Å². The Morgan fingerprint density at radius 3 is 2.52 bits per heavy atom. The molecule has 0 aromatic heterocycles. The van der Waals surface area contributed by atoms with Crippen LogP contribution in [0.3, 0.4) is 0 Å². The van der Waals surface area contributed by atoms with Gasteiger partial charge < -0.3 is 19.5 Å². The first-order valence-corrected chi connectivity index (χ1v) is 10.7. The van der Waals surface area contributed by atoms with Gasteiger partial charge in [0.1, 0.15) is 11.5 Å². The fourth-order valence-electron chi connectivity index (χ4n) is 4.37. The van der Waals surface area contributed by atoms with Gasteiger partial charge in [-0.05, 0) is 55.5 Å².